The molecule has 1 atom stereocenters. The highest BCUT2D eigenvalue weighted by atomic mass is 79.9. The third kappa shape index (κ3) is 2.90. The van der Waals surface area contributed by atoms with Crippen molar-refractivity contribution in [2.24, 2.45) is 0 Å². The van der Waals surface area contributed by atoms with Gasteiger partial charge in [-0.1, -0.05) is 34.1 Å². The summed E-state index contributed by atoms with van der Waals surface area (Å²) in [5.74, 6) is 0. The summed E-state index contributed by atoms with van der Waals surface area (Å²) in [7, 11) is 0. The highest BCUT2D eigenvalue weighted by Gasteiger charge is 2.08. The van der Waals surface area contributed by atoms with Crippen molar-refractivity contribution in [2.45, 2.75) is 19.5 Å². The molecule has 2 aromatic rings. The van der Waals surface area contributed by atoms with Crippen LogP contribution in [0.25, 0.3) is 0 Å². The van der Waals surface area contributed by atoms with Crippen LogP contribution in [0.5, 0.6) is 0 Å². The van der Waals surface area contributed by atoms with Gasteiger partial charge in [0.05, 0.1) is 11.2 Å². The van der Waals surface area contributed by atoms with E-state index in [2.05, 4.69) is 56.7 Å². The van der Waals surface area contributed by atoms with Crippen LogP contribution in [0.3, 0.4) is 0 Å². The van der Waals surface area contributed by atoms with E-state index in [0.717, 1.165) is 16.7 Å². The SMILES string of the molecule is CC(NCc1cscn1)c1ccccc1Br. The normalized spacial score (nSPS) is 12.6. The molecule has 4 heteroatoms. The summed E-state index contributed by atoms with van der Waals surface area (Å²) >= 11 is 5.19. The molecular formula is C12H13BrN2S. The molecule has 84 valence electrons. The molecule has 0 saturated heterocycles. The van der Waals surface area contributed by atoms with Crippen LogP contribution in [0.1, 0.15) is 24.2 Å². The molecule has 0 spiro atoms. The van der Waals surface area contributed by atoms with Gasteiger partial charge in [0.25, 0.3) is 0 Å². The Morgan fingerprint density at radius 3 is 2.94 bits per heavy atom. The quantitative estimate of drug-likeness (QED) is 0.929. The lowest BCUT2D eigenvalue weighted by Gasteiger charge is -2.14. The molecule has 1 N–H and O–H groups in total. The van der Waals surface area contributed by atoms with Gasteiger partial charge in [-0.05, 0) is 18.6 Å². The number of thiazole rings is 1. The second-order valence-corrected chi connectivity index (χ2v) is 5.18. The first-order valence-corrected chi connectivity index (χ1v) is 6.86. The molecule has 0 aliphatic carbocycles. The Kier molecular flexibility index (Phi) is 4.09. The molecule has 2 rings (SSSR count). The second-order valence-electron chi connectivity index (χ2n) is 3.60. The fourth-order valence-corrected chi connectivity index (χ4v) is 2.71. The van der Waals surface area contributed by atoms with Gasteiger partial charge in [0.2, 0.25) is 0 Å². The summed E-state index contributed by atoms with van der Waals surface area (Å²) in [5, 5.41) is 5.53. The third-order valence-corrected chi connectivity index (χ3v) is 3.80. The monoisotopic (exact) mass is 296 g/mol. The van der Waals surface area contributed by atoms with Crippen LogP contribution in [-0.4, -0.2) is 4.98 Å². The number of hydrogen-bond donors (Lipinski definition) is 1. The largest absolute Gasteiger partial charge is 0.304 e. The Morgan fingerprint density at radius 2 is 2.25 bits per heavy atom. The van der Waals surface area contributed by atoms with Crippen LogP contribution < -0.4 is 5.32 Å². The fraction of sp³-hybridized carbons (Fsp3) is 0.250. The van der Waals surface area contributed by atoms with Crippen molar-refractivity contribution in [3.8, 4) is 0 Å². The Balaban J connectivity index is 1.98. The molecule has 2 nitrogen and oxygen atoms in total. The minimum atomic E-state index is 0.317. The Morgan fingerprint density at radius 1 is 1.44 bits per heavy atom. The van der Waals surface area contributed by atoms with E-state index in [9.17, 15) is 0 Å². The van der Waals surface area contributed by atoms with Crippen molar-refractivity contribution in [3.63, 3.8) is 0 Å². The molecular weight excluding hydrogens is 284 g/mol. The van der Waals surface area contributed by atoms with Gasteiger partial charge < -0.3 is 5.32 Å². The molecule has 1 aromatic heterocycles. The summed E-state index contributed by atoms with van der Waals surface area (Å²) in [6, 6.07) is 8.60. The lowest BCUT2D eigenvalue weighted by molar-refractivity contribution is 0.567. The van der Waals surface area contributed by atoms with Gasteiger partial charge in [-0.3, -0.25) is 0 Å². The maximum atomic E-state index is 4.25. The second kappa shape index (κ2) is 5.57. The smallest absolute Gasteiger partial charge is 0.0795 e. The molecule has 0 aliphatic rings. The Labute approximate surface area is 108 Å². The van der Waals surface area contributed by atoms with Crippen molar-refractivity contribution < 1.29 is 0 Å². The predicted octanol–water partition coefficient (Wildman–Crippen LogP) is 3.76. The molecule has 16 heavy (non-hydrogen) atoms. The third-order valence-electron chi connectivity index (χ3n) is 2.44. The molecule has 0 saturated carbocycles. The summed E-state index contributed by atoms with van der Waals surface area (Å²) < 4.78 is 1.15. The van der Waals surface area contributed by atoms with E-state index in [1.165, 1.54) is 5.56 Å². The average Bonchev–Trinajstić information content (AvgIpc) is 2.79. The van der Waals surface area contributed by atoms with E-state index < -0.39 is 0 Å². The number of benzene rings is 1. The van der Waals surface area contributed by atoms with Crippen LogP contribution in [0.15, 0.2) is 39.6 Å². The summed E-state index contributed by atoms with van der Waals surface area (Å²) in [6.45, 7) is 2.97. The summed E-state index contributed by atoms with van der Waals surface area (Å²) in [5.41, 5.74) is 4.24. The first kappa shape index (κ1) is 11.8. The van der Waals surface area contributed by atoms with E-state index >= 15 is 0 Å². The van der Waals surface area contributed by atoms with Crippen LogP contribution >= 0.6 is 27.3 Å². The van der Waals surface area contributed by atoms with Gasteiger partial charge in [0, 0.05) is 22.4 Å². The zero-order valence-corrected chi connectivity index (χ0v) is 11.4. The molecule has 0 aliphatic heterocycles. The first-order valence-electron chi connectivity index (χ1n) is 5.12. The molecule has 1 unspecified atom stereocenters. The van der Waals surface area contributed by atoms with E-state index in [0.29, 0.717) is 6.04 Å². The molecule has 1 aromatic carbocycles. The maximum Gasteiger partial charge on any atom is 0.0795 e. The van der Waals surface area contributed by atoms with Crippen LogP contribution in [0.4, 0.5) is 0 Å². The average molecular weight is 297 g/mol. The zero-order chi connectivity index (χ0) is 11.4. The van der Waals surface area contributed by atoms with Gasteiger partial charge in [0.15, 0.2) is 0 Å². The molecule has 0 bridgehead atoms. The zero-order valence-electron chi connectivity index (χ0n) is 8.98. The van der Waals surface area contributed by atoms with Crippen molar-refractivity contribution in [1.82, 2.24) is 10.3 Å². The van der Waals surface area contributed by atoms with Gasteiger partial charge in [-0.25, -0.2) is 4.98 Å². The number of rotatable bonds is 4. The molecule has 0 fully saturated rings. The Bertz CT molecular complexity index is 442. The minimum absolute atomic E-state index is 0.317. The first-order chi connectivity index (χ1) is 7.77. The summed E-state index contributed by atoms with van der Waals surface area (Å²) in [6.07, 6.45) is 0. The number of halogens is 1. The van der Waals surface area contributed by atoms with Gasteiger partial charge in [0.1, 0.15) is 0 Å². The minimum Gasteiger partial charge on any atom is -0.304 e. The number of hydrogen-bond acceptors (Lipinski definition) is 3. The lowest BCUT2D eigenvalue weighted by Crippen LogP contribution is -2.18. The van der Waals surface area contributed by atoms with Crippen molar-refractivity contribution >= 4 is 27.3 Å². The van der Waals surface area contributed by atoms with Crippen LogP contribution in [0, 0.1) is 0 Å². The fourth-order valence-electron chi connectivity index (χ4n) is 1.52. The van der Waals surface area contributed by atoms with Gasteiger partial charge in [-0.2, -0.15) is 0 Å². The number of nitrogens with one attached hydrogen (secondary N) is 1. The summed E-state index contributed by atoms with van der Waals surface area (Å²) in [4.78, 5) is 4.25. The highest BCUT2D eigenvalue weighted by molar-refractivity contribution is 9.10. The predicted molar refractivity (Wildman–Crippen MR) is 71.5 cm³/mol. The van der Waals surface area contributed by atoms with Gasteiger partial charge >= 0.3 is 0 Å². The van der Waals surface area contributed by atoms with E-state index in [1.807, 2.05) is 11.6 Å². The van der Waals surface area contributed by atoms with E-state index in [-0.39, 0.29) is 0 Å². The molecule has 0 amide bonds. The van der Waals surface area contributed by atoms with Crippen molar-refractivity contribution in [2.75, 3.05) is 0 Å². The molecule has 1 heterocycles. The van der Waals surface area contributed by atoms with Crippen molar-refractivity contribution in [1.29, 1.82) is 0 Å². The van der Waals surface area contributed by atoms with E-state index in [4.69, 9.17) is 0 Å². The lowest BCUT2D eigenvalue weighted by atomic mass is 10.1. The maximum absolute atomic E-state index is 4.25. The van der Waals surface area contributed by atoms with Crippen LogP contribution in [0.2, 0.25) is 0 Å². The van der Waals surface area contributed by atoms with Crippen molar-refractivity contribution in [3.05, 3.63) is 50.9 Å². The topological polar surface area (TPSA) is 24.9 Å². The number of aromatic nitrogens is 1. The van der Waals surface area contributed by atoms with Crippen LogP contribution in [-0.2, 0) is 6.54 Å². The molecule has 0 radical (unpaired) electrons. The van der Waals surface area contributed by atoms with E-state index in [1.54, 1.807) is 11.3 Å². The highest BCUT2D eigenvalue weighted by Crippen LogP contribution is 2.22. The Hall–Kier alpha value is -0.710. The standard InChI is InChI=1S/C12H13BrN2S/c1-9(11-4-2-3-5-12(11)13)14-6-10-7-16-8-15-10/h2-5,7-9,14H,6H2,1H3. The number of nitrogens with zero attached hydrogens (tertiary/aromatic N) is 1. The van der Waals surface area contributed by atoms with Gasteiger partial charge in [-0.15, -0.1) is 11.3 Å².